The number of methoxy groups -OCH3 is 1. The molecule has 1 N–H and O–H groups in total. The lowest BCUT2D eigenvalue weighted by atomic mass is 9.82. The number of amides is 1. The summed E-state index contributed by atoms with van der Waals surface area (Å²) in [7, 11) is 3.49. The first-order valence-corrected chi connectivity index (χ1v) is 14.1. The van der Waals surface area contributed by atoms with Crippen LogP contribution in [-0.4, -0.2) is 36.5 Å². The molecule has 2 aromatic carbocycles. The molecule has 1 atom stereocenters. The van der Waals surface area contributed by atoms with E-state index in [1.54, 1.807) is 12.0 Å². The van der Waals surface area contributed by atoms with Crippen molar-refractivity contribution >= 4 is 22.6 Å². The Hall–Kier alpha value is -3.80. The predicted octanol–water partition coefficient (Wildman–Crippen LogP) is 8.03. The van der Waals surface area contributed by atoms with Gasteiger partial charge in [0.05, 0.1) is 13.2 Å². The lowest BCUT2D eigenvalue weighted by Crippen LogP contribution is -2.27. The van der Waals surface area contributed by atoms with Crippen LogP contribution in [0, 0.1) is 12.8 Å². The fraction of sp³-hybridized carbons (Fsp3) is 0.394. The molecule has 1 fully saturated rings. The molecule has 1 aliphatic carbocycles. The molecule has 1 unspecified atom stereocenters. The first kappa shape index (κ1) is 26.8. The van der Waals surface area contributed by atoms with Crippen molar-refractivity contribution in [1.82, 2.24) is 9.88 Å². The molecule has 0 bridgehead atoms. The molecule has 6 heteroatoms. The summed E-state index contributed by atoms with van der Waals surface area (Å²) in [4.78, 5) is 18.9. The second kappa shape index (κ2) is 11.9. The average Bonchev–Trinajstić information content (AvgIpc) is 3.31. The fourth-order valence-corrected chi connectivity index (χ4v) is 5.80. The number of pyridine rings is 1. The van der Waals surface area contributed by atoms with Crippen molar-refractivity contribution in [2.75, 3.05) is 26.0 Å². The highest BCUT2D eigenvalue weighted by atomic mass is 16.5. The number of benzene rings is 2. The van der Waals surface area contributed by atoms with E-state index in [9.17, 15) is 4.79 Å². The molecule has 1 aliphatic rings. The van der Waals surface area contributed by atoms with Gasteiger partial charge in [-0.15, -0.1) is 0 Å². The summed E-state index contributed by atoms with van der Waals surface area (Å²) in [5, 5.41) is 4.93. The van der Waals surface area contributed by atoms with Gasteiger partial charge in [-0.25, -0.2) is 4.98 Å². The molecule has 39 heavy (non-hydrogen) atoms. The van der Waals surface area contributed by atoms with Crippen LogP contribution < -0.4 is 10.1 Å². The van der Waals surface area contributed by atoms with E-state index in [4.69, 9.17) is 9.15 Å². The van der Waals surface area contributed by atoms with Gasteiger partial charge in [-0.3, -0.25) is 4.79 Å². The van der Waals surface area contributed by atoms with E-state index in [0.717, 1.165) is 46.5 Å². The number of furan rings is 1. The topological polar surface area (TPSA) is 67.6 Å². The maximum atomic E-state index is 12.7. The summed E-state index contributed by atoms with van der Waals surface area (Å²) >= 11 is 0. The highest BCUT2D eigenvalue weighted by molar-refractivity contribution is 5.94. The van der Waals surface area contributed by atoms with Gasteiger partial charge < -0.3 is 19.4 Å². The SMILES string of the molecule is CCCN(C)C(=O)c1ccc(NC(c2oc3ccc(-c4ccc(OC)nc4)cc3c2C)C2CCCCC2)cc1. The average molecular weight is 526 g/mol. The zero-order chi connectivity index (χ0) is 27.4. The van der Waals surface area contributed by atoms with Crippen LogP contribution in [0.15, 0.2) is 65.2 Å². The van der Waals surface area contributed by atoms with Crippen molar-refractivity contribution in [1.29, 1.82) is 0 Å². The van der Waals surface area contributed by atoms with Crippen molar-refractivity contribution in [3.8, 4) is 17.0 Å². The maximum absolute atomic E-state index is 12.7. The maximum Gasteiger partial charge on any atom is 0.253 e. The second-order valence-corrected chi connectivity index (χ2v) is 10.7. The zero-order valence-electron chi connectivity index (χ0n) is 23.5. The molecule has 0 saturated heterocycles. The van der Waals surface area contributed by atoms with Gasteiger partial charge in [0.25, 0.3) is 5.91 Å². The Bertz CT molecular complexity index is 1400. The number of hydrogen-bond acceptors (Lipinski definition) is 5. The third kappa shape index (κ3) is 5.80. The van der Waals surface area contributed by atoms with E-state index >= 15 is 0 Å². The molecule has 1 amide bonds. The highest BCUT2D eigenvalue weighted by Gasteiger charge is 2.30. The molecule has 0 spiro atoms. The quantitative estimate of drug-likeness (QED) is 0.240. The van der Waals surface area contributed by atoms with Crippen molar-refractivity contribution in [2.45, 2.75) is 58.4 Å². The largest absolute Gasteiger partial charge is 0.481 e. The minimum atomic E-state index is 0.0585. The number of hydrogen-bond donors (Lipinski definition) is 1. The van der Waals surface area contributed by atoms with Crippen molar-refractivity contribution < 1.29 is 13.9 Å². The van der Waals surface area contributed by atoms with Gasteiger partial charge in [0.1, 0.15) is 11.3 Å². The van der Waals surface area contributed by atoms with Gasteiger partial charge in [0.15, 0.2) is 0 Å². The van der Waals surface area contributed by atoms with Gasteiger partial charge in [-0.2, -0.15) is 0 Å². The van der Waals surface area contributed by atoms with Gasteiger partial charge in [-0.1, -0.05) is 32.3 Å². The molecule has 5 rings (SSSR count). The summed E-state index contributed by atoms with van der Waals surface area (Å²) in [6, 6.07) is 18.2. The van der Waals surface area contributed by atoms with Gasteiger partial charge >= 0.3 is 0 Å². The standard InChI is InChI=1S/C33H39N3O3/c1-5-19-36(3)33(37)24-11-15-27(16-12-24)35-31(23-9-7-6-8-10-23)32-22(2)28-20-25(13-17-29(28)39-32)26-14-18-30(38-4)34-21-26/h11-18,20-21,23,31,35H,5-10,19H2,1-4H3. The van der Waals surface area contributed by atoms with E-state index in [-0.39, 0.29) is 11.9 Å². The summed E-state index contributed by atoms with van der Waals surface area (Å²) < 4.78 is 11.8. The molecule has 204 valence electrons. The third-order valence-corrected chi connectivity index (χ3v) is 8.02. The summed E-state index contributed by atoms with van der Waals surface area (Å²) in [6.45, 7) is 5.00. The first-order valence-electron chi connectivity index (χ1n) is 14.1. The Morgan fingerprint density at radius 2 is 1.82 bits per heavy atom. The van der Waals surface area contributed by atoms with E-state index in [1.807, 2.05) is 49.6 Å². The monoisotopic (exact) mass is 525 g/mol. The van der Waals surface area contributed by atoms with Crippen LogP contribution >= 0.6 is 0 Å². The van der Waals surface area contributed by atoms with E-state index in [1.165, 1.54) is 37.7 Å². The van der Waals surface area contributed by atoms with E-state index in [0.29, 0.717) is 17.4 Å². The minimum absolute atomic E-state index is 0.0585. The predicted molar refractivity (Wildman–Crippen MR) is 157 cm³/mol. The van der Waals surface area contributed by atoms with Crippen LogP contribution in [0.5, 0.6) is 5.88 Å². The molecule has 2 heterocycles. The van der Waals surface area contributed by atoms with Crippen LogP contribution in [0.3, 0.4) is 0 Å². The molecular formula is C33H39N3O3. The number of carbonyl (C=O) groups is 1. The number of rotatable bonds is 9. The number of nitrogens with zero attached hydrogens (tertiary/aromatic N) is 2. The molecule has 4 aromatic rings. The fourth-order valence-electron chi connectivity index (χ4n) is 5.80. The van der Waals surface area contributed by atoms with E-state index < -0.39 is 0 Å². The van der Waals surface area contributed by atoms with Gasteiger partial charge in [0, 0.05) is 53.6 Å². The number of ether oxygens (including phenoxy) is 1. The van der Waals surface area contributed by atoms with Crippen LogP contribution in [0.1, 0.15) is 73.2 Å². The van der Waals surface area contributed by atoms with Crippen molar-refractivity contribution in [3.63, 3.8) is 0 Å². The lowest BCUT2D eigenvalue weighted by Gasteiger charge is -2.31. The minimum Gasteiger partial charge on any atom is -0.481 e. The number of nitrogens with one attached hydrogen (secondary N) is 1. The first-order chi connectivity index (χ1) is 19.0. The Kier molecular flexibility index (Phi) is 8.20. The highest BCUT2D eigenvalue weighted by Crippen LogP contribution is 2.41. The number of aryl methyl sites for hydroxylation is 1. The lowest BCUT2D eigenvalue weighted by molar-refractivity contribution is 0.0795. The number of anilines is 1. The molecule has 0 radical (unpaired) electrons. The van der Waals surface area contributed by atoms with Crippen molar-refractivity contribution in [3.05, 3.63) is 77.7 Å². The summed E-state index contributed by atoms with van der Waals surface area (Å²) in [5.74, 6) is 2.15. The van der Waals surface area contributed by atoms with Crippen LogP contribution in [0.25, 0.3) is 22.1 Å². The normalized spacial score (nSPS) is 14.8. The Morgan fingerprint density at radius 1 is 1.08 bits per heavy atom. The number of aromatic nitrogens is 1. The summed E-state index contributed by atoms with van der Waals surface area (Å²) in [5.41, 5.74) is 5.93. The smallest absolute Gasteiger partial charge is 0.253 e. The molecule has 1 saturated carbocycles. The van der Waals surface area contributed by atoms with Gasteiger partial charge in [0.2, 0.25) is 5.88 Å². The Morgan fingerprint density at radius 3 is 2.49 bits per heavy atom. The number of fused-ring (bicyclic) bond motifs is 1. The van der Waals surface area contributed by atoms with Gasteiger partial charge in [-0.05, 0) is 80.1 Å². The molecule has 6 nitrogen and oxygen atoms in total. The van der Waals surface area contributed by atoms with Crippen LogP contribution in [-0.2, 0) is 0 Å². The molecular weight excluding hydrogens is 486 g/mol. The Labute approximate surface area is 231 Å². The third-order valence-electron chi connectivity index (χ3n) is 8.02. The van der Waals surface area contributed by atoms with Crippen LogP contribution in [0.4, 0.5) is 5.69 Å². The number of carbonyl (C=O) groups excluding carboxylic acids is 1. The zero-order valence-corrected chi connectivity index (χ0v) is 23.5. The molecule has 0 aliphatic heterocycles. The summed E-state index contributed by atoms with van der Waals surface area (Å²) in [6.07, 6.45) is 8.92. The van der Waals surface area contributed by atoms with Crippen molar-refractivity contribution in [2.24, 2.45) is 5.92 Å². The van der Waals surface area contributed by atoms with Crippen LogP contribution in [0.2, 0.25) is 0 Å². The molecule has 2 aromatic heterocycles. The second-order valence-electron chi connectivity index (χ2n) is 10.7. The van der Waals surface area contributed by atoms with E-state index in [2.05, 4.69) is 42.3 Å². The Balaban J connectivity index is 1.45.